The molecule has 2 aromatic carbocycles. The Morgan fingerprint density at radius 3 is 2.29 bits per heavy atom. The molecule has 0 saturated carbocycles. The monoisotopic (exact) mass is 416 g/mol. The lowest BCUT2D eigenvalue weighted by Gasteiger charge is -2.18. The van der Waals surface area contributed by atoms with Crippen LogP contribution in [-0.2, 0) is 9.59 Å². The molecule has 0 saturated heterocycles. The van der Waals surface area contributed by atoms with Crippen LogP contribution >= 0.6 is 23.4 Å². The number of carbonyl (C=O) groups is 2. The first-order chi connectivity index (χ1) is 13.2. The maximum absolute atomic E-state index is 13.2. The number of imide groups is 1. The van der Waals surface area contributed by atoms with E-state index in [2.05, 4.69) is 0 Å². The van der Waals surface area contributed by atoms with Crippen molar-refractivity contribution < 1.29 is 14.5 Å². The average Bonchev–Trinajstić information content (AvgIpc) is 2.87. The summed E-state index contributed by atoms with van der Waals surface area (Å²) in [5, 5.41) is 11.4. The molecule has 1 aliphatic rings. The van der Waals surface area contributed by atoms with Crippen molar-refractivity contribution in [1.29, 1.82) is 0 Å². The van der Waals surface area contributed by atoms with E-state index < -0.39 is 16.7 Å². The molecule has 0 atom stereocenters. The van der Waals surface area contributed by atoms with Gasteiger partial charge in [0, 0.05) is 22.4 Å². The highest BCUT2D eigenvalue weighted by Gasteiger charge is 2.41. The van der Waals surface area contributed by atoms with Crippen molar-refractivity contribution in [3.05, 3.63) is 73.6 Å². The quantitative estimate of drug-likeness (QED) is 0.390. The van der Waals surface area contributed by atoms with Crippen LogP contribution in [0.5, 0.6) is 0 Å². The minimum atomic E-state index is -0.509. The van der Waals surface area contributed by atoms with Gasteiger partial charge in [0.05, 0.1) is 21.1 Å². The van der Waals surface area contributed by atoms with E-state index in [9.17, 15) is 19.7 Å². The van der Waals surface area contributed by atoms with Gasteiger partial charge in [0.25, 0.3) is 17.5 Å². The number of carbonyl (C=O) groups excluding carboxylic acids is 2. The molecule has 0 bridgehead atoms. The standard InChI is InChI=1S/C20H17ClN2O4S/c1-11(2)28-18-17(13-7-9-14(10-8-13)23(26)27)19(24)22(20(18)25)16-6-4-5-15(21)12(16)3/h4-11H,1-3H3. The van der Waals surface area contributed by atoms with Gasteiger partial charge in [0.2, 0.25) is 0 Å². The van der Waals surface area contributed by atoms with E-state index in [-0.39, 0.29) is 16.5 Å². The number of nitro benzene ring substituents is 1. The van der Waals surface area contributed by atoms with Gasteiger partial charge in [-0.15, -0.1) is 11.8 Å². The van der Waals surface area contributed by atoms with E-state index in [1.54, 1.807) is 25.1 Å². The summed E-state index contributed by atoms with van der Waals surface area (Å²) in [7, 11) is 0. The zero-order chi connectivity index (χ0) is 20.6. The molecule has 0 spiro atoms. The second-order valence-corrected chi connectivity index (χ2v) is 8.50. The molecule has 1 aliphatic heterocycles. The van der Waals surface area contributed by atoms with Crippen LogP contribution in [0.2, 0.25) is 5.02 Å². The molecule has 0 fully saturated rings. The predicted molar refractivity (Wildman–Crippen MR) is 111 cm³/mol. The van der Waals surface area contributed by atoms with Crippen molar-refractivity contribution in [1.82, 2.24) is 0 Å². The fraction of sp³-hybridized carbons (Fsp3) is 0.200. The number of halogens is 1. The van der Waals surface area contributed by atoms with Gasteiger partial charge in [-0.25, -0.2) is 4.90 Å². The lowest BCUT2D eigenvalue weighted by Crippen LogP contribution is -2.32. The molecular formula is C20H17ClN2O4S. The summed E-state index contributed by atoms with van der Waals surface area (Å²) in [5.74, 6) is -0.880. The highest BCUT2D eigenvalue weighted by molar-refractivity contribution is 8.04. The van der Waals surface area contributed by atoms with Gasteiger partial charge in [-0.05, 0) is 42.3 Å². The second kappa shape index (κ2) is 7.77. The molecule has 3 rings (SSSR count). The smallest absolute Gasteiger partial charge is 0.268 e. The van der Waals surface area contributed by atoms with Gasteiger partial charge in [-0.1, -0.05) is 31.5 Å². The van der Waals surface area contributed by atoms with Gasteiger partial charge >= 0.3 is 0 Å². The van der Waals surface area contributed by atoms with Crippen LogP contribution < -0.4 is 4.90 Å². The summed E-state index contributed by atoms with van der Waals surface area (Å²) < 4.78 is 0. The highest BCUT2D eigenvalue weighted by Crippen LogP contribution is 2.41. The largest absolute Gasteiger partial charge is 0.272 e. The number of nitro groups is 1. The number of rotatable bonds is 5. The van der Waals surface area contributed by atoms with Gasteiger partial charge in [-0.2, -0.15) is 0 Å². The summed E-state index contributed by atoms with van der Waals surface area (Å²) in [6, 6.07) is 10.7. The maximum Gasteiger partial charge on any atom is 0.272 e. The number of anilines is 1. The Hall–Kier alpha value is -2.64. The van der Waals surface area contributed by atoms with Crippen LogP contribution in [0.4, 0.5) is 11.4 Å². The Labute approximate surface area is 171 Å². The van der Waals surface area contributed by atoms with Gasteiger partial charge in [0.15, 0.2) is 0 Å². The molecule has 2 amide bonds. The Morgan fingerprint density at radius 1 is 1.07 bits per heavy atom. The van der Waals surface area contributed by atoms with E-state index in [1.807, 2.05) is 13.8 Å². The van der Waals surface area contributed by atoms with E-state index >= 15 is 0 Å². The minimum Gasteiger partial charge on any atom is -0.268 e. The van der Waals surface area contributed by atoms with E-state index in [0.29, 0.717) is 26.7 Å². The Kier molecular flexibility index (Phi) is 5.58. The van der Waals surface area contributed by atoms with Crippen LogP contribution in [0.15, 0.2) is 47.4 Å². The number of thioether (sulfide) groups is 1. The van der Waals surface area contributed by atoms with Crippen molar-refractivity contribution in [2.45, 2.75) is 26.0 Å². The van der Waals surface area contributed by atoms with Gasteiger partial charge in [-0.3, -0.25) is 19.7 Å². The zero-order valence-corrected chi connectivity index (χ0v) is 17.0. The molecule has 0 aliphatic carbocycles. The molecular weight excluding hydrogens is 400 g/mol. The van der Waals surface area contributed by atoms with Gasteiger partial charge < -0.3 is 0 Å². The van der Waals surface area contributed by atoms with Gasteiger partial charge in [0.1, 0.15) is 0 Å². The summed E-state index contributed by atoms with van der Waals surface area (Å²) in [4.78, 5) is 38.3. The number of non-ortho nitro benzene ring substituents is 1. The number of nitrogens with zero attached hydrogens (tertiary/aromatic N) is 2. The third-order valence-electron chi connectivity index (χ3n) is 4.24. The number of hydrogen-bond acceptors (Lipinski definition) is 5. The van der Waals surface area contributed by atoms with Crippen LogP contribution in [-0.4, -0.2) is 22.0 Å². The lowest BCUT2D eigenvalue weighted by atomic mass is 10.1. The second-order valence-electron chi connectivity index (χ2n) is 6.50. The first-order valence-corrected chi connectivity index (χ1v) is 9.77. The molecule has 0 N–H and O–H groups in total. The van der Waals surface area contributed by atoms with Crippen molar-refractivity contribution in [3.63, 3.8) is 0 Å². The van der Waals surface area contributed by atoms with Crippen LogP contribution in [0.25, 0.3) is 5.57 Å². The normalized spacial score (nSPS) is 14.4. The van der Waals surface area contributed by atoms with E-state index in [0.717, 1.165) is 4.90 Å². The Bertz CT molecular complexity index is 1020. The van der Waals surface area contributed by atoms with Crippen LogP contribution in [0.1, 0.15) is 25.0 Å². The number of hydrogen-bond donors (Lipinski definition) is 0. The predicted octanol–water partition coefficient (Wildman–Crippen LogP) is 4.98. The molecule has 28 heavy (non-hydrogen) atoms. The van der Waals surface area contributed by atoms with Crippen LogP contribution in [0.3, 0.4) is 0 Å². The molecule has 0 aromatic heterocycles. The number of amides is 2. The van der Waals surface area contributed by atoms with Crippen molar-refractivity contribution in [2.75, 3.05) is 4.90 Å². The number of benzene rings is 2. The summed E-state index contributed by atoms with van der Waals surface area (Å²) in [6.07, 6.45) is 0. The third kappa shape index (κ3) is 3.55. The third-order valence-corrected chi connectivity index (χ3v) is 5.74. The summed E-state index contributed by atoms with van der Waals surface area (Å²) in [5.41, 5.74) is 1.69. The fourth-order valence-electron chi connectivity index (χ4n) is 2.92. The van der Waals surface area contributed by atoms with E-state index in [1.165, 1.54) is 36.0 Å². The molecule has 2 aromatic rings. The molecule has 6 nitrogen and oxygen atoms in total. The highest BCUT2D eigenvalue weighted by atomic mass is 35.5. The lowest BCUT2D eigenvalue weighted by molar-refractivity contribution is -0.384. The average molecular weight is 417 g/mol. The van der Waals surface area contributed by atoms with Crippen molar-refractivity contribution in [3.8, 4) is 0 Å². The molecule has 144 valence electrons. The molecule has 1 heterocycles. The molecule has 0 unspecified atom stereocenters. The molecule has 0 radical (unpaired) electrons. The fourth-order valence-corrected chi connectivity index (χ4v) is 4.07. The first kappa shape index (κ1) is 20.1. The Balaban J connectivity index is 2.13. The Morgan fingerprint density at radius 2 is 1.71 bits per heavy atom. The minimum absolute atomic E-state index is 0.0696. The topological polar surface area (TPSA) is 80.5 Å². The van der Waals surface area contributed by atoms with E-state index in [4.69, 9.17) is 11.6 Å². The first-order valence-electron chi connectivity index (χ1n) is 8.52. The van der Waals surface area contributed by atoms with Crippen LogP contribution in [0, 0.1) is 17.0 Å². The summed E-state index contributed by atoms with van der Waals surface area (Å²) >= 11 is 7.47. The molecule has 8 heteroatoms. The van der Waals surface area contributed by atoms with Crippen molar-refractivity contribution >= 4 is 52.1 Å². The maximum atomic E-state index is 13.2. The zero-order valence-electron chi connectivity index (χ0n) is 15.4. The summed E-state index contributed by atoms with van der Waals surface area (Å²) in [6.45, 7) is 5.60. The SMILES string of the molecule is Cc1c(Cl)cccc1N1C(=O)C(SC(C)C)=C(c2ccc([N+](=O)[O-])cc2)C1=O. The van der Waals surface area contributed by atoms with Crippen molar-refractivity contribution in [2.24, 2.45) is 0 Å².